The summed E-state index contributed by atoms with van der Waals surface area (Å²) in [5.74, 6) is -4.05. The topological polar surface area (TPSA) is 133 Å². The lowest BCUT2D eigenvalue weighted by atomic mass is 10.1. The van der Waals surface area contributed by atoms with E-state index in [4.69, 9.17) is 11.6 Å². The lowest BCUT2D eigenvalue weighted by Gasteiger charge is -2.13. The van der Waals surface area contributed by atoms with E-state index in [2.05, 4.69) is 0 Å². The second kappa shape index (κ2) is 7.20. The Kier molecular flexibility index (Phi) is 5.49. The van der Waals surface area contributed by atoms with Gasteiger partial charge in [-0.1, -0.05) is 0 Å². The summed E-state index contributed by atoms with van der Waals surface area (Å²) in [6.45, 7) is 0.478. The van der Waals surface area contributed by atoms with Gasteiger partial charge in [-0.2, -0.15) is 0 Å². The highest BCUT2D eigenvalue weighted by molar-refractivity contribution is 5.87. The first-order chi connectivity index (χ1) is 8.23. The van der Waals surface area contributed by atoms with Gasteiger partial charge < -0.3 is 20.8 Å². The zero-order valence-electron chi connectivity index (χ0n) is 10.2. The molecule has 0 spiro atoms. The molecule has 0 saturated carbocycles. The van der Waals surface area contributed by atoms with Gasteiger partial charge in [0.2, 0.25) is 11.8 Å². The van der Waals surface area contributed by atoms with Crippen molar-refractivity contribution in [2.24, 2.45) is 0 Å². The fraction of sp³-hybridized carbons (Fsp3) is 0.556. The number of carboxylic acid groups (broad SMARTS) is 2. The number of nitrogens with one attached hydrogen (secondary N) is 2. The lowest BCUT2D eigenvalue weighted by Crippen LogP contribution is -2.45. The average molecular weight is 247 g/mol. The maximum Gasteiger partial charge on any atom is 0.326 e. The molecule has 0 aromatic heterocycles. The fourth-order valence-electron chi connectivity index (χ4n) is 0.948. The van der Waals surface area contributed by atoms with E-state index < -0.39 is 42.8 Å². The number of carboxylic acids is 2. The molecule has 0 aromatic rings. The van der Waals surface area contributed by atoms with Gasteiger partial charge in [-0.25, -0.2) is 4.79 Å². The Labute approximate surface area is 98.5 Å². The van der Waals surface area contributed by atoms with E-state index in [0.717, 1.165) is 6.92 Å². The van der Waals surface area contributed by atoms with Crippen molar-refractivity contribution in [3.8, 4) is 0 Å². The molecule has 0 rings (SSSR count). The number of carbonyl (C=O) groups excluding carboxylic acids is 2. The molecule has 0 aromatic carbocycles. The van der Waals surface area contributed by atoms with Crippen LogP contribution in [-0.2, 0) is 19.2 Å². The number of aliphatic carboxylic acids is 2. The summed E-state index contributed by atoms with van der Waals surface area (Å²) < 4.78 is 7.06. The smallest absolute Gasteiger partial charge is 0.326 e. The van der Waals surface area contributed by atoms with Gasteiger partial charge in [0.15, 0.2) is 1.41 Å². The van der Waals surface area contributed by atoms with E-state index >= 15 is 0 Å². The molecule has 0 radical (unpaired) electrons. The number of amides is 2. The van der Waals surface area contributed by atoms with Crippen LogP contribution in [0.25, 0.3) is 0 Å². The Morgan fingerprint density at radius 3 is 2.29 bits per heavy atom. The van der Waals surface area contributed by atoms with Gasteiger partial charge in [0, 0.05) is 13.3 Å². The van der Waals surface area contributed by atoms with Crippen LogP contribution in [0.1, 0.15) is 19.8 Å². The van der Waals surface area contributed by atoms with Crippen LogP contribution in [0.4, 0.5) is 0 Å². The lowest BCUT2D eigenvalue weighted by molar-refractivity contribution is -0.142. The molecule has 8 nitrogen and oxygen atoms in total. The van der Waals surface area contributed by atoms with Crippen molar-refractivity contribution in [2.75, 3.05) is 6.54 Å². The monoisotopic (exact) mass is 247 g/mol. The fourth-order valence-corrected chi connectivity index (χ4v) is 0.948. The van der Waals surface area contributed by atoms with Crippen LogP contribution in [0.3, 0.4) is 0 Å². The normalized spacial score (nSPS) is 12.2. The molecule has 4 N–H and O–H groups in total. The molecule has 0 aliphatic rings. The average Bonchev–Trinajstić information content (AvgIpc) is 2.23. The van der Waals surface area contributed by atoms with Crippen LogP contribution in [-0.4, -0.2) is 46.6 Å². The maximum absolute atomic E-state index is 11.3. The molecular weight excluding hydrogens is 232 g/mol. The number of hydrogen-bond donors (Lipinski definition) is 4. The summed E-state index contributed by atoms with van der Waals surface area (Å²) in [4.78, 5) is 43.0. The standard InChI is InChI=1S/C9H14N2O6/c1-5(12)10-4-7(13)11-6(9(16)17)2-3-8(14)15/h6H,2-4H2,1H3,(H,10,12)(H,11,13)(H,14,15)(H,16,17)/t6-/m0/s1/i/hD. The Morgan fingerprint density at radius 1 is 1.29 bits per heavy atom. The van der Waals surface area contributed by atoms with Crippen molar-refractivity contribution in [1.82, 2.24) is 10.6 Å². The highest BCUT2D eigenvalue weighted by Crippen LogP contribution is 1.97. The molecule has 8 heteroatoms. The zero-order valence-corrected chi connectivity index (χ0v) is 9.17. The largest absolute Gasteiger partial charge is 0.481 e. The third-order valence-electron chi connectivity index (χ3n) is 1.73. The van der Waals surface area contributed by atoms with Gasteiger partial charge in [-0.05, 0) is 6.42 Å². The Bertz CT molecular complexity index is 359. The number of carbonyl (C=O) groups is 4. The minimum absolute atomic E-state index is 0.269. The molecule has 0 aliphatic carbocycles. The molecule has 0 bridgehead atoms. The summed E-state index contributed by atoms with van der Waals surface area (Å²) in [5, 5.41) is 19.6. The van der Waals surface area contributed by atoms with Crippen molar-refractivity contribution in [3.05, 3.63) is 0 Å². The maximum atomic E-state index is 11.3. The van der Waals surface area contributed by atoms with E-state index in [1.54, 1.807) is 0 Å². The highest BCUT2D eigenvalue weighted by atomic mass is 16.4. The zero-order chi connectivity index (χ0) is 14.3. The predicted molar refractivity (Wildman–Crippen MR) is 55.1 cm³/mol. The highest BCUT2D eigenvalue weighted by Gasteiger charge is 2.20. The Balaban J connectivity index is 4.32. The van der Waals surface area contributed by atoms with Crippen LogP contribution < -0.4 is 10.6 Å². The first-order valence-corrected chi connectivity index (χ1v) is 4.75. The van der Waals surface area contributed by atoms with Crippen LogP contribution in [0.2, 0.25) is 1.41 Å². The molecular formula is C9H14N2O6. The first kappa shape index (κ1) is 12.9. The van der Waals surface area contributed by atoms with Crippen molar-refractivity contribution in [1.29, 1.82) is 0 Å². The van der Waals surface area contributed by atoms with E-state index in [-0.39, 0.29) is 6.42 Å². The van der Waals surface area contributed by atoms with E-state index in [1.165, 1.54) is 0 Å². The summed E-state index contributed by atoms with van der Waals surface area (Å²) in [7, 11) is 0. The van der Waals surface area contributed by atoms with Gasteiger partial charge in [-0.15, -0.1) is 0 Å². The molecule has 0 saturated heterocycles. The van der Waals surface area contributed by atoms with E-state index in [9.17, 15) is 19.2 Å². The second-order valence-corrected chi connectivity index (χ2v) is 3.23. The Morgan fingerprint density at radius 2 is 1.88 bits per heavy atom. The second-order valence-electron chi connectivity index (χ2n) is 3.23. The minimum Gasteiger partial charge on any atom is -0.481 e. The van der Waals surface area contributed by atoms with Gasteiger partial charge in [0.1, 0.15) is 6.04 Å². The van der Waals surface area contributed by atoms with Crippen LogP contribution >= 0.6 is 0 Å². The first-order valence-electron chi connectivity index (χ1n) is 5.19. The Hall–Kier alpha value is -2.12. The van der Waals surface area contributed by atoms with Crippen LogP contribution in [0.15, 0.2) is 0 Å². The summed E-state index contributed by atoms with van der Waals surface area (Å²) >= 11 is 0. The third-order valence-corrected chi connectivity index (χ3v) is 1.73. The molecule has 17 heavy (non-hydrogen) atoms. The quantitative estimate of drug-likeness (QED) is 0.435. The summed E-state index contributed by atoms with van der Waals surface area (Å²) in [6, 6.07) is -1.35. The summed E-state index contributed by atoms with van der Waals surface area (Å²) in [6.07, 6.45) is -0.678. The van der Waals surface area contributed by atoms with Gasteiger partial charge in [0.05, 0.1) is 6.54 Å². The molecule has 0 fully saturated rings. The van der Waals surface area contributed by atoms with Gasteiger partial charge >= 0.3 is 11.9 Å². The van der Waals surface area contributed by atoms with Crippen molar-refractivity contribution in [3.63, 3.8) is 0 Å². The van der Waals surface area contributed by atoms with Crippen molar-refractivity contribution >= 4 is 23.8 Å². The van der Waals surface area contributed by atoms with Crippen molar-refractivity contribution in [2.45, 2.75) is 25.8 Å². The molecule has 0 heterocycles. The van der Waals surface area contributed by atoms with Gasteiger partial charge in [-0.3, -0.25) is 14.4 Å². The predicted octanol–water partition coefficient (Wildman–Crippen LogP) is -1.44. The van der Waals surface area contributed by atoms with Crippen LogP contribution in [0, 0.1) is 0 Å². The number of hydrogen-bond acceptors (Lipinski definition) is 4. The van der Waals surface area contributed by atoms with Gasteiger partial charge in [0.25, 0.3) is 0 Å². The minimum atomic E-state index is -1.37. The number of rotatable bonds is 7. The molecule has 2 amide bonds. The van der Waals surface area contributed by atoms with Crippen molar-refractivity contribution < 1.29 is 30.8 Å². The molecule has 1 atom stereocenters. The molecule has 0 aliphatic heterocycles. The molecule has 0 unspecified atom stereocenters. The van der Waals surface area contributed by atoms with Crippen LogP contribution in [0.5, 0.6) is 0 Å². The summed E-state index contributed by atoms with van der Waals surface area (Å²) in [5.41, 5.74) is 0. The third kappa shape index (κ3) is 7.77. The van der Waals surface area contributed by atoms with E-state index in [0.29, 0.717) is 5.31 Å². The SMILES string of the molecule is [2H]N(CC(=O)N[C@@H](CCC(=O)O)C(=O)O)C(C)=O. The van der Waals surface area contributed by atoms with E-state index in [1.807, 2.05) is 5.32 Å². The molecule has 96 valence electrons.